The molecule has 0 fully saturated rings. The van der Waals surface area contributed by atoms with Gasteiger partial charge in [-0.2, -0.15) is 13.2 Å². The molecule has 35 heavy (non-hydrogen) atoms. The zero-order valence-corrected chi connectivity index (χ0v) is 20.8. The van der Waals surface area contributed by atoms with E-state index in [1.807, 2.05) is 44.4 Å². The average Bonchev–Trinajstić information content (AvgIpc) is 2.77. The molecule has 0 saturated carbocycles. The van der Waals surface area contributed by atoms with E-state index in [1.165, 1.54) is 12.1 Å². The number of amides is 1. The van der Waals surface area contributed by atoms with Gasteiger partial charge in [-0.3, -0.25) is 9.59 Å². The zero-order valence-electron chi connectivity index (χ0n) is 20.0. The van der Waals surface area contributed by atoms with Crippen molar-refractivity contribution in [1.29, 1.82) is 0 Å². The standard InChI is InChI=1S/C27H27F3N2O2S/c1-15-22(25(34)32-18-7-5-6-17(12-18)27(28,29)30)23(16-8-10-19(35-4)11-9-16)24-20(31-15)13-26(2,3)14-21(24)33/h5-12,23,31H,13-14H2,1-4H3,(H,32,34)/t23-/m1/s1. The van der Waals surface area contributed by atoms with E-state index in [0.717, 1.165) is 28.3 Å². The van der Waals surface area contributed by atoms with Gasteiger partial charge in [-0.05, 0) is 60.9 Å². The maximum atomic E-state index is 13.5. The monoisotopic (exact) mass is 500 g/mol. The fraction of sp³-hybridized carbons (Fsp3) is 0.333. The first-order chi connectivity index (χ1) is 16.4. The lowest BCUT2D eigenvalue weighted by Crippen LogP contribution is -2.39. The topological polar surface area (TPSA) is 58.2 Å². The number of thioether (sulfide) groups is 1. The van der Waals surface area contributed by atoms with Gasteiger partial charge in [0.2, 0.25) is 0 Å². The first kappa shape index (κ1) is 25.1. The summed E-state index contributed by atoms with van der Waals surface area (Å²) in [5, 5.41) is 5.90. The van der Waals surface area contributed by atoms with Gasteiger partial charge in [0, 0.05) is 45.5 Å². The lowest BCUT2D eigenvalue weighted by atomic mass is 9.68. The van der Waals surface area contributed by atoms with Gasteiger partial charge >= 0.3 is 6.18 Å². The summed E-state index contributed by atoms with van der Waals surface area (Å²) in [5.74, 6) is -1.19. The van der Waals surface area contributed by atoms with Crippen LogP contribution in [0.4, 0.5) is 18.9 Å². The van der Waals surface area contributed by atoms with Crippen molar-refractivity contribution in [3.05, 3.63) is 82.2 Å². The van der Waals surface area contributed by atoms with Crippen LogP contribution in [0.2, 0.25) is 0 Å². The number of ketones is 1. The summed E-state index contributed by atoms with van der Waals surface area (Å²) >= 11 is 1.59. The molecule has 1 aliphatic heterocycles. The summed E-state index contributed by atoms with van der Waals surface area (Å²) in [6.07, 6.45) is -1.54. The number of anilines is 1. The molecule has 4 nitrogen and oxygen atoms in total. The van der Waals surface area contributed by atoms with E-state index in [2.05, 4.69) is 10.6 Å². The molecule has 0 aromatic heterocycles. The molecule has 0 unspecified atom stereocenters. The minimum atomic E-state index is -4.52. The Morgan fingerprint density at radius 1 is 1.11 bits per heavy atom. The van der Waals surface area contributed by atoms with Crippen LogP contribution in [0.25, 0.3) is 0 Å². The number of hydrogen-bond donors (Lipinski definition) is 2. The molecule has 0 radical (unpaired) electrons. The number of halogens is 3. The van der Waals surface area contributed by atoms with Crippen molar-refractivity contribution in [1.82, 2.24) is 5.32 Å². The maximum absolute atomic E-state index is 13.5. The number of hydrogen-bond acceptors (Lipinski definition) is 4. The summed E-state index contributed by atoms with van der Waals surface area (Å²) in [6.45, 7) is 5.83. The molecule has 8 heteroatoms. The Hall–Kier alpha value is -3.00. The zero-order chi connectivity index (χ0) is 25.5. The number of Topliss-reactive ketones (excluding diaryl/α,β-unsaturated/α-hetero) is 1. The molecule has 0 saturated heterocycles. The number of nitrogens with one attached hydrogen (secondary N) is 2. The molecule has 1 amide bonds. The quantitative estimate of drug-likeness (QED) is 0.461. The molecule has 2 aromatic rings. The number of carbonyl (C=O) groups excluding carboxylic acids is 2. The molecule has 0 bridgehead atoms. The molecular weight excluding hydrogens is 473 g/mol. The second-order valence-electron chi connectivity index (χ2n) is 9.74. The average molecular weight is 501 g/mol. The van der Waals surface area contributed by atoms with Crippen molar-refractivity contribution in [2.45, 2.75) is 50.6 Å². The van der Waals surface area contributed by atoms with Crippen LogP contribution in [0.15, 0.2) is 76.0 Å². The molecule has 4 rings (SSSR count). The number of rotatable bonds is 4. The number of alkyl halides is 3. The Kier molecular flexibility index (Phi) is 6.62. The largest absolute Gasteiger partial charge is 0.416 e. The van der Waals surface area contributed by atoms with Crippen LogP contribution in [-0.4, -0.2) is 17.9 Å². The van der Waals surface area contributed by atoms with E-state index in [-0.39, 0.29) is 16.9 Å². The molecule has 2 aliphatic rings. The Morgan fingerprint density at radius 2 is 1.80 bits per heavy atom. The van der Waals surface area contributed by atoms with Gasteiger partial charge in [-0.1, -0.05) is 32.0 Å². The van der Waals surface area contributed by atoms with Gasteiger partial charge in [0.15, 0.2) is 5.78 Å². The van der Waals surface area contributed by atoms with Gasteiger partial charge in [-0.15, -0.1) is 11.8 Å². The molecular formula is C27H27F3N2O2S. The molecule has 1 aliphatic carbocycles. The van der Waals surface area contributed by atoms with Gasteiger partial charge < -0.3 is 10.6 Å². The fourth-order valence-corrected chi connectivity index (χ4v) is 5.25. The molecule has 0 spiro atoms. The van der Waals surface area contributed by atoms with Crippen LogP contribution in [0.1, 0.15) is 50.7 Å². The Morgan fingerprint density at radius 3 is 2.43 bits per heavy atom. The minimum absolute atomic E-state index is 0.0282. The van der Waals surface area contributed by atoms with Crippen molar-refractivity contribution in [3.8, 4) is 0 Å². The minimum Gasteiger partial charge on any atom is -0.362 e. The number of allylic oxidation sites excluding steroid dienone is 3. The lowest BCUT2D eigenvalue weighted by Gasteiger charge is -2.39. The van der Waals surface area contributed by atoms with E-state index in [1.54, 1.807) is 18.7 Å². The summed E-state index contributed by atoms with van der Waals surface area (Å²) in [7, 11) is 0. The highest BCUT2D eigenvalue weighted by Crippen LogP contribution is 2.47. The van der Waals surface area contributed by atoms with Crippen molar-refractivity contribution in [3.63, 3.8) is 0 Å². The van der Waals surface area contributed by atoms with Crippen LogP contribution < -0.4 is 10.6 Å². The predicted octanol–water partition coefficient (Wildman–Crippen LogP) is 6.67. The summed E-state index contributed by atoms with van der Waals surface area (Å²) in [6, 6.07) is 12.2. The first-order valence-electron chi connectivity index (χ1n) is 11.3. The van der Waals surface area contributed by atoms with E-state index >= 15 is 0 Å². The first-order valence-corrected chi connectivity index (χ1v) is 12.5. The summed E-state index contributed by atoms with van der Waals surface area (Å²) < 4.78 is 39.5. The van der Waals surface area contributed by atoms with Crippen molar-refractivity contribution >= 4 is 29.1 Å². The van der Waals surface area contributed by atoms with Gasteiger partial charge in [0.1, 0.15) is 0 Å². The Balaban J connectivity index is 1.77. The van der Waals surface area contributed by atoms with Gasteiger partial charge in [-0.25, -0.2) is 0 Å². The van der Waals surface area contributed by atoms with Crippen LogP contribution in [0.5, 0.6) is 0 Å². The third-order valence-electron chi connectivity index (χ3n) is 6.38. The van der Waals surface area contributed by atoms with Gasteiger partial charge in [0.05, 0.1) is 5.56 Å². The van der Waals surface area contributed by atoms with E-state index < -0.39 is 23.6 Å². The maximum Gasteiger partial charge on any atom is 0.416 e. The summed E-state index contributed by atoms with van der Waals surface area (Å²) in [5.41, 5.74) is 2.04. The highest BCUT2D eigenvalue weighted by molar-refractivity contribution is 7.98. The Bertz CT molecular complexity index is 1240. The molecule has 1 heterocycles. The van der Waals surface area contributed by atoms with E-state index in [9.17, 15) is 22.8 Å². The van der Waals surface area contributed by atoms with Crippen molar-refractivity contribution < 1.29 is 22.8 Å². The molecule has 184 valence electrons. The molecule has 2 N–H and O–H groups in total. The van der Waals surface area contributed by atoms with Crippen LogP contribution in [0, 0.1) is 5.41 Å². The van der Waals surface area contributed by atoms with Crippen molar-refractivity contribution in [2.24, 2.45) is 5.41 Å². The van der Waals surface area contributed by atoms with Crippen LogP contribution in [0.3, 0.4) is 0 Å². The number of carbonyl (C=O) groups is 2. The van der Waals surface area contributed by atoms with Crippen LogP contribution >= 0.6 is 11.8 Å². The fourth-order valence-electron chi connectivity index (χ4n) is 4.84. The smallest absolute Gasteiger partial charge is 0.362 e. The number of benzene rings is 2. The third-order valence-corrected chi connectivity index (χ3v) is 7.12. The summed E-state index contributed by atoms with van der Waals surface area (Å²) in [4.78, 5) is 27.9. The van der Waals surface area contributed by atoms with Crippen LogP contribution in [-0.2, 0) is 15.8 Å². The second-order valence-corrected chi connectivity index (χ2v) is 10.6. The van der Waals surface area contributed by atoms with E-state index in [4.69, 9.17) is 0 Å². The third kappa shape index (κ3) is 5.17. The highest BCUT2D eigenvalue weighted by atomic mass is 32.2. The normalized spacial score (nSPS) is 19.9. The molecule has 1 atom stereocenters. The van der Waals surface area contributed by atoms with E-state index in [0.29, 0.717) is 29.7 Å². The second kappa shape index (κ2) is 9.22. The molecule has 2 aromatic carbocycles. The predicted molar refractivity (Wildman–Crippen MR) is 132 cm³/mol. The SMILES string of the molecule is CSc1ccc([C@@H]2C(C(=O)Nc3cccc(C(F)(F)F)c3)=C(C)NC3=C2C(=O)CC(C)(C)C3)cc1. The highest BCUT2D eigenvalue weighted by Gasteiger charge is 2.42. The van der Waals surface area contributed by atoms with Gasteiger partial charge in [0.25, 0.3) is 5.91 Å². The Labute approximate surface area is 207 Å². The lowest BCUT2D eigenvalue weighted by molar-refractivity contribution is -0.137. The number of dihydropyridines is 1. The van der Waals surface area contributed by atoms with Crippen molar-refractivity contribution in [2.75, 3.05) is 11.6 Å².